The van der Waals surface area contributed by atoms with Crippen molar-refractivity contribution in [3.63, 3.8) is 0 Å². The molecule has 0 aliphatic carbocycles. The minimum atomic E-state index is -0.322. The summed E-state index contributed by atoms with van der Waals surface area (Å²) in [7, 11) is 0. The van der Waals surface area contributed by atoms with Gasteiger partial charge in [-0.15, -0.1) is 0 Å². The minimum Gasteiger partial charge on any atom is -0.486 e. The summed E-state index contributed by atoms with van der Waals surface area (Å²) < 4.78 is 18.9. The number of ether oxygens (including phenoxy) is 1. The van der Waals surface area contributed by atoms with Gasteiger partial charge in [0.2, 0.25) is 0 Å². The summed E-state index contributed by atoms with van der Waals surface area (Å²) in [6.07, 6.45) is 1.07. The first kappa shape index (κ1) is 11.1. The fraction of sp³-hybridized carbons (Fsp3) is 0.200. The molecule has 1 aliphatic rings. The fourth-order valence-electron chi connectivity index (χ4n) is 2.15. The monoisotopic (exact) mass is 243 g/mol. The molecule has 0 saturated heterocycles. The topological polar surface area (TPSA) is 21.3 Å². The van der Waals surface area contributed by atoms with E-state index in [1.165, 1.54) is 17.3 Å². The zero-order valence-corrected chi connectivity index (χ0v) is 9.95. The van der Waals surface area contributed by atoms with Gasteiger partial charge in [-0.2, -0.15) is 0 Å². The third kappa shape index (κ3) is 2.16. The van der Waals surface area contributed by atoms with Gasteiger partial charge >= 0.3 is 0 Å². The highest BCUT2D eigenvalue weighted by Gasteiger charge is 2.10. The van der Waals surface area contributed by atoms with E-state index in [9.17, 15) is 4.39 Å². The predicted molar refractivity (Wildman–Crippen MR) is 69.4 cm³/mol. The summed E-state index contributed by atoms with van der Waals surface area (Å²) in [5.74, 6) is -0.0252. The second-order valence-electron chi connectivity index (χ2n) is 4.39. The molecule has 0 saturated carbocycles. The van der Waals surface area contributed by atoms with Gasteiger partial charge in [-0.25, -0.2) is 4.39 Å². The first-order chi connectivity index (χ1) is 8.83. The molecule has 0 radical (unpaired) electrons. The van der Waals surface area contributed by atoms with E-state index < -0.39 is 0 Å². The zero-order chi connectivity index (χ0) is 12.4. The molecule has 0 amide bonds. The lowest BCUT2D eigenvalue weighted by Crippen LogP contribution is -1.98. The number of anilines is 1. The van der Waals surface area contributed by atoms with Crippen molar-refractivity contribution in [1.82, 2.24) is 0 Å². The lowest BCUT2D eigenvalue weighted by molar-refractivity contribution is 0.290. The number of hydrogen-bond donors (Lipinski definition) is 1. The van der Waals surface area contributed by atoms with Gasteiger partial charge in [0.15, 0.2) is 11.6 Å². The smallest absolute Gasteiger partial charge is 0.165 e. The summed E-state index contributed by atoms with van der Waals surface area (Å²) in [6.45, 7) is 1.38. The van der Waals surface area contributed by atoms with Crippen molar-refractivity contribution in [2.45, 2.75) is 13.0 Å². The molecule has 3 heteroatoms. The Morgan fingerprint density at radius 3 is 2.94 bits per heavy atom. The largest absolute Gasteiger partial charge is 0.486 e. The number of benzene rings is 2. The number of rotatable bonds is 3. The highest BCUT2D eigenvalue weighted by atomic mass is 19.1. The SMILES string of the molecule is Fc1ccccc1OCc1ccc2c(c1)NCC2. The summed E-state index contributed by atoms with van der Waals surface area (Å²) in [5, 5.41) is 3.32. The molecular weight excluding hydrogens is 229 g/mol. The lowest BCUT2D eigenvalue weighted by Gasteiger charge is -2.08. The standard InChI is InChI=1S/C15H14FNO/c16-13-3-1-2-4-15(13)18-10-11-5-6-12-7-8-17-14(12)9-11/h1-6,9,17H,7-8,10H2. The van der Waals surface area contributed by atoms with Crippen LogP contribution in [0, 0.1) is 5.82 Å². The van der Waals surface area contributed by atoms with Gasteiger partial charge < -0.3 is 10.1 Å². The van der Waals surface area contributed by atoms with Crippen molar-refractivity contribution in [3.05, 3.63) is 59.4 Å². The molecule has 0 unspecified atom stereocenters. The summed E-state index contributed by atoms with van der Waals surface area (Å²) in [5.41, 5.74) is 3.56. The number of hydrogen-bond acceptors (Lipinski definition) is 2. The second kappa shape index (κ2) is 4.69. The molecule has 1 aliphatic heterocycles. The third-order valence-corrected chi connectivity index (χ3v) is 3.12. The Labute approximate surface area is 105 Å². The van der Waals surface area contributed by atoms with E-state index in [0.717, 1.165) is 18.5 Å². The van der Waals surface area contributed by atoms with E-state index in [-0.39, 0.29) is 5.82 Å². The van der Waals surface area contributed by atoms with Crippen LogP contribution in [0.15, 0.2) is 42.5 Å². The maximum Gasteiger partial charge on any atom is 0.165 e. The predicted octanol–water partition coefficient (Wildman–Crippen LogP) is 3.37. The van der Waals surface area contributed by atoms with Gasteiger partial charge in [-0.3, -0.25) is 0 Å². The van der Waals surface area contributed by atoms with E-state index in [0.29, 0.717) is 12.4 Å². The molecule has 1 heterocycles. The van der Waals surface area contributed by atoms with Crippen LogP contribution in [0.4, 0.5) is 10.1 Å². The number of para-hydroxylation sites is 1. The van der Waals surface area contributed by atoms with E-state index in [4.69, 9.17) is 4.74 Å². The summed E-state index contributed by atoms with van der Waals surface area (Å²) in [6, 6.07) is 12.7. The molecule has 0 spiro atoms. The average Bonchev–Trinajstić information content (AvgIpc) is 2.85. The normalized spacial score (nSPS) is 12.9. The molecule has 0 aromatic heterocycles. The Kier molecular flexibility index (Phi) is 2.89. The van der Waals surface area contributed by atoms with Crippen LogP contribution in [0.5, 0.6) is 5.75 Å². The van der Waals surface area contributed by atoms with Gasteiger partial charge in [0, 0.05) is 12.2 Å². The summed E-state index contributed by atoms with van der Waals surface area (Å²) >= 11 is 0. The van der Waals surface area contributed by atoms with Gasteiger partial charge in [0.25, 0.3) is 0 Å². The number of nitrogens with one attached hydrogen (secondary N) is 1. The Bertz CT molecular complexity index is 568. The van der Waals surface area contributed by atoms with Crippen LogP contribution in [0.25, 0.3) is 0 Å². The molecule has 0 bridgehead atoms. The Balaban J connectivity index is 1.72. The van der Waals surface area contributed by atoms with Crippen molar-refractivity contribution < 1.29 is 9.13 Å². The van der Waals surface area contributed by atoms with Crippen molar-refractivity contribution in [2.24, 2.45) is 0 Å². The molecule has 2 aromatic carbocycles. The van der Waals surface area contributed by atoms with Crippen LogP contribution < -0.4 is 10.1 Å². The van der Waals surface area contributed by atoms with Crippen LogP contribution >= 0.6 is 0 Å². The van der Waals surface area contributed by atoms with Crippen molar-refractivity contribution in [3.8, 4) is 5.75 Å². The fourth-order valence-corrected chi connectivity index (χ4v) is 2.15. The molecule has 18 heavy (non-hydrogen) atoms. The first-order valence-electron chi connectivity index (χ1n) is 6.06. The first-order valence-corrected chi connectivity index (χ1v) is 6.06. The van der Waals surface area contributed by atoms with Crippen LogP contribution in [-0.2, 0) is 13.0 Å². The van der Waals surface area contributed by atoms with E-state index in [1.54, 1.807) is 18.2 Å². The number of fused-ring (bicyclic) bond motifs is 1. The third-order valence-electron chi connectivity index (χ3n) is 3.12. The molecule has 0 atom stereocenters. The maximum atomic E-state index is 13.4. The van der Waals surface area contributed by atoms with Crippen LogP contribution in [0.2, 0.25) is 0 Å². The molecular formula is C15H14FNO. The molecule has 3 rings (SSSR count). The van der Waals surface area contributed by atoms with Crippen LogP contribution in [0.1, 0.15) is 11.1 Å². The van der Waals surface area contributed by atoms with Crippen molar-refractivity contribution in [2.75, 3.05) is 11.9 Å². The van der Waals surface area contributed by atoms with Gasteiger partial charge in [0.05, 0.1) is 0 Å². The van der Waals surface area contributed by atoms with Crippen molar-refractivity contribution >= 4 is 5.69 Å². The lowest BCUT2D eigenvalue weighted by atomic mass is 10.1. The second-order valence-corrected chi connectivity index (χ2v) is 4.39. The Morgan fingerprint density at radius 2 is 2.06 bits per heavy atom. The molecule has 2 nitrogen and oxygen atoms in total. The zero-order valence-electron chi connectivity index (χ0n) is 9.95. The van der Waals surface area contributed by atoms with E-state index in [1.807, 2.05) is 6.07 Å². The Hall–Kier alpha value is -2.03. The highest BCUT2D eigenvalue weighted by Crippen LogP contribution is 2.24. The average molecular weight is 243 g/mol. The van der Waals surface area contributed by atoms with Crippen molar-refractivity contribution in [1.29, 1.82) is 0 Å². The van der Waals surface area contributed by atoms with Gasteiger partial charge in [-0.05, 0) is 35.7 Å². The molecule has 1 N–H and O–H groups in total. The minimum absolute atomic E-state index is 0.297. The number of halogens is 1. The summed E-state index contributed by atoms with van der Waals surface area (Å²) in [4.78, 5) is 0. The van der Waals surface area contributed by atoms with Crippen LogP contribution in [0.3, 0.4) is 0 Å². The molecule has 0 fully saturated rings. The van der Waals surface area contributed by atoms with Gasteiger partial charge in [0.1, 0.15) is 6.61 Å². The quantitative estimate of drug-likeness (QED) is 0.892. The Morgan fingerprint density at radius 1 is 1.17 bits per heavy atom. The molecule has 2 aromatic rings. The van der Waals surface area contributed by atoms with E-state index in [2.05, 4.69) is 17.4 Å². The highest BCUT2D eigenvalue weighted by molar-refractivity contribution is 5.56. The molecule has 92 valence electrons. The van der Waals surface area contributed by atoms with Crippen LogP contribution in [-0.4, -0.2) is 6.54 Å². The van der Waals surface area contributed by atoms with E-state index >= 15 is 0 Å². The van der Waals surface area contributed by atoms with Gasteiger partial charge in [-0.1, -0.05) is 24.3 Å². The maximum absolute atomic E-state index is 13.4.